The maximum atomic E-state index is 3.67. The third-order valence-corrected chi connectivity index (χ3v) is 11.8. The molecule has 1 aromatic heterocycles. The van der Waals surface area contributed by atoms with E-state index in [4.69, 9.17) is 0 Å². The molecule has 6 aromatic carbocycles. The fourth-order valence-corrected chi connectivity index (χ4v) is 9.83. The molecular weight excluding hydrogens is 558 g/mol. The van der Waals surface area contributed by atoms with Crippen LogP contribution in [0.4, 0.5) is 0 Å². The van der Waals surface area contributed by atoms with Crippen LogP contribution in [0.5, 0.6) is 0 Å². The van der Waals surface area contributed by atoms with E-state index in [2.05, 4.69) is 178 Å². The summed E-state index contributed by atoms with van der Waals surface area (Å²) in [6, 6.07) is 57.5. The van der Waals surface area contributed by atoms with Crippen molar-refractivity contribution in [2.24, 2.45) is 0 Å². The lowest BCUT2D eigenvalue weighted by atomic mass is 10.2. The minimum Gasteiger partial charge on any atom is -0.309 e. The number of hydrogen-bond donors (Lipinski definition) is 0. The van der Waals surface area contributed by atoms with Crippen molar-refractivity contribution < 1.29 is 0 Å². The van der Waals surface area contributed by atoms with E-state index in [1.165, 1.54) is 47.1 Å². The number of hydrogen-bond acceptors (Lipinski definition) is 0. The van der Waals surface area contributed by atoms with Gasteiger partial charge in [-0.2, -0.15) is 0 Å². The molecule has 1 heterocycles. The molecule has 7 rings (SSSR count). The van der Waals surface area contributed by atoms with E-state index in [0.29, 0.717) is 0 Å². The number of aromatic nitrogens is 1. The average molecular weight is 585 g/mol. The Morgan fingerprint density at radius 1 is 0.410 bits per heavy atom. The third kappa shape index (κ3) is 3.93. The second-order valence-corrected chi connectivity index (χ2v) is 13.6. The zero-order valence-electron chi connectivity index (χ0n) is 21.2. The van der Waals surface area contributed by atoms with E-state index in [1.807, 2.05) is 0 Å². The summed E-state index contributed by atoms with van der Waals surface area (Å²) in [4.78, 5) is 5.26. The SMILES string of the molecule is Brc1ccc(S(c2ccccc2)(c2ccccc2)c2ccc3c4ccccc4n(-c4ccccc4)c3c2)cc1. The summed E-state index contributed by atoms with van der Waals surface area (Å²) in [5.41, 5.74) is 3.62. The van der Waals surface area contributed by atoms with Crippen LogP contribution in [0, 0.1) is 0 Å². The minimum absolute atomic E-state index is 1.08. The lowest BCUT2D eigenvalue weighted by Gasteiger charge is -2.42. The van der Waals surface area contributed by atoms with Crippen molar-refractivity contribution in [3.05, 3.63) is 162 Å². The van der Waals surface area contributed by atoms with Gasteiger partial charge in [0.2, 0.25) is 0 Å². The van der Waals surface area contributed by atoms with Crippen LogP contribution in [-0.2, 0) is 0 Å². The summed E-state index contributed by atoms with van der Waals surface area (Å²) >= 11 is 3.67. The lowest BCUT2D eigenvalue weighted by molar-refractivity contribution is 1.17. The van der Waals surface area contributed by atoms with Crippen molar-refractivity contribution >= 4 is 47.8 Å². The molecule has 188 valence electrons. The van der Waals surface area contributed by atoms with Crippen molar-refractivity contribution in [2.75, 3.05) is 0 Å². The number of para-hydroxylation sites is 2. The Balaban J connectivity index is 1.63. The van der Waals surface area contributed by atoms with Crippen molar-refractivity contribution in [3.63, 3.8) is 0 Å². The van der Waals surface area contributed by atoms with Crippen LogP contribution in [0.2, 0.25) is 0 Å². The van der Waals surface area contributed by atoms with Crippen LogP contribution < -0.4 is 0 Å². The van der Waals surface area contributed by atoms with Gasteiger partial charge in [0.1, 0.15) is 0 Å². The molecule has 0 aliphatic carbocycles. The largest absolute Gasteiger partial charge is 0.309 e. The first-order chi connectivity index (χ1) is 19.3. The monoisotopic (exact) mass is 583 g/mol. The molecule has 0 saturated heterocycles. The molecule has 0 spiro atoms. The summed E-state index contributed by atoms with van der Waals surface area (Å²) in [5.74, 6) is 0. The van der Waals surface area contributed by atoms with Crippen molar-refractivity contribution in [1.29, 1.82) is 0 Å². The van der Waals surface area contributed by atoms with Gasteiger partial charge in [0.15, 0.2) is 0 Å². The summed E-state index contributed by atoms with van der Waals surface area (Å²) in [6.07, 6.45) is 0. The molecule has 0 aliphatic rings. The van der Waals surface area contributed by atoms with Gasteiger partial charge in [-0.05, 0) is 78.9 Å². The standard InChI is InChI=1S/C36H26BrNS/c37-27-20-22-31(23-21-27)39(29-14-6-2-7-15-29,30-16-8-3-9-17-30)32-24-25-34-33-18-10-11-19-35(33)38(36(34)26-32)28-12-4-1-5-13-28/h1-26H. The van der Waals surface area contributed by atoms with Crippen molar-refractivity contribution in [3.8, 4) is 5.69 Å². The van der Waals surface area contributed by atoms with Gasteiger partial charge in [0.25, 0.3) is 0 Å². The number of nitrogens with zero attached hydrogens (tertiary/aromatic N) is 1. The Hall–Kier alpha value is -4.05. The number of benzene rings is 6. The average Bonchev–Trinajstić information content (AvgIpc) is 3.34. The highest BCUT2D eigenvalue weighted by molar-refractivity contribution is 9.10. The zero-order chi connectivity index (χ0) is 26.2. The van der Waals surface area contributed by atoms with Crippen LogP contribution in [-0.4, -0.2) is 4.57 Å². The molecule has 0 amide bonds. The molecule has 1 nitrogen and oxygen atoms in total. The molecule has 0 radical (unpaired) electrons. The third-order valence-electron chi connectivity index (χ3n) is 7.37. The van der Waals surface area contributed by atoms with E-state index >= 15 is 0 Å². The Morgan fingerprint density at radius 2 is 0.897 bits per heavy atom. The zero-order valence-corrected chi connectivity index (χ0v) is 23.6. The number of rotatable bonds is 5. The van der Waals surface area contributed by atoms with Gasteiger partial charge in [-0.15, -0.1) is 10.0 Å². The van der Waals surface area contributed by atoms with E-state index in [-0.39, 0.29) is 0 Å². The summed E-state index contributed by atoms with van der Waals surface area (Å²) in [6.45, 7) is 0. The summed E-state index contributed by atoms with van der Waals surface area (Å²) in [5, 5.41) is 2.54. The normalized spacial score (nSPS) is 12.1. The van der Waals surface area contributed by atoms with Gasteiger partial charge >= 0.3 is 0 Å². The molecule has 0 fully saturated rings. The first-order valence-electron chi connectivity index (χ1n) is 13.0. The van der Waals surface area contributed by atoms with E-state index in [0.717, 1.165) is 4.47 Å². The quantitative estimate of drug-likeness (QED) is 0.190. The van der Waals surface area contributed by atoms with E-state index in [9.17, 15) is 0 Å². The number of fused-ring (bicyclic) bond motifs is 3. The number of halogens is 1. The Kier molecular flexibility index (Phi) is 6.11. The van der Waals surface area contributed by atoms with Crippen LogP contribution in [0.15, 0.2) is 182 Å². The van der Waals surface area contributed by atoms with Gasteiger partial charge in [0, 0.05) is 40.5 Å². The molecule has 3 heteroatoms. The molecule has 0 aliphatic heterocycles. The smallest absolute Gasteiger partial charge is 0.0552 e. The van der Waals surface area contributed by atoms with Crippen molar-refractivity contribution in [2.45, 2.75) is 19.6 Å². The molecular formula is C36H26BrNS. The lowest BCUT2D eigenvalue weighted by Crippen LogP contribution is -2.05. The van der Waals surface area contributed by atoms with Gasteiger partial charge in [-0.25, -0.2) is 0 Å². The van der Waals surface area contributed by atoms with Crippen LogP contribution >= 0.6 is 26.0 Å². The minimum atomic E-state index is -1.79. The second-order valence-electron chi connectivity index (χ2n) is 9.56. The topological polar surface area (TPSA) is 4.93 Å². The molecule has 0 N–H and O–H groups in total. The van der Waals surface area contributed by atoms with Crippen LogP contribution in [0.3, 0.4) is 0 Å². The predicted molar refractivity (Wildman–Crippen MR) is 168 cm³/mol. The highest BCUT2D eigenvalue weighted by Crippen LogP contribution is 2.73. The van der Waals surface area contributed by atoms with Gasteiger partial charge in [-0.1, -0.05) is 94.8 Å². The maximum absolute atomic E-state index is 3.67. The predicted octanol–water partition coefficient (Wildman–Crippen LogP) is 10.9. The Morgan fingerprint density at radius 3 is 1.54 bits per heavy atom. The fourth-order valence-electron chi connectivity index (χ4n) is 5.70. The summed E-state index contributed by atoms with van der Waals surface area (Å²) in [7, 11) is -1.79. The first kappa shape index (κ1) is 24.0. The fraction of sp³-hybridized carbons (Fsp3) is 0. The molecule has 0 atom stereocenters. The molecule has 0 bridgehead atoms. The van der Waals surface area contributed by atoms with E-state index < -0.39 is 10.0 Å². The molecule has 0 saturated carbocycles. The van der Waals surface area contributed by atoms with E-state index in [1.54, 1.807) is 0 Å². The highest BCUT2D eigenvalue weighted by Gasteiger charge is 2.33. The van der Waals surface area contributed by atoms with Crippen molar-refractivity contribution in [1.82, 2.24) is 4.57 Å². The maximum Gasteiger partial charge on any atom is 0.0552 e. The summed E-state index contributed by atoms with van der Waals surface area (Å²) < 4.78 is 3.50. The van der Waals surface area contributed by atoms with Gasteiger partial charge in [0.05, 0.1) is 11.0 Å². The van der Waals surface area contributed by atoms with Crippen LogP contribution in [0.1, 0.15) is 0 Å². The van der Waals surface area contributed by atoms with Gasteiger partial charge in [-0.3, -0.25) is 0 Å². The van der Waals surface area contributed by atoms with Crippen LogP contribution in [0.25, 0.3) is 27.5 Å². The van der Waals surface area contributed by atoms with Gasteiger partial charge < -0.3 is 4.57 Å². The Bertz CT molecular complexity index is 1850. The molecule has 0 unspecified atom stereocenters. The second kappa shape index (κ2) is 9.92. The Labute approximate surface area is 238 Å². The molecule has 39 heavy (non-hydrogen) atoms. The first-order valence-corrected chi connectivity index (χ1v) is 15.5. The highest BCUT2D eigenvalue weighted by atomic mass is 79.9. The molecule has 7 aromatic rings.